The second-order valence-corrected chi connectivity index (χ2v) is 5.98. The number of hydrogen-bond donors (Lipinski definition) is 2. The number of ether oxygens (including phenoxy) is 3. The van der Waals surface area contributed by atoms with Gasteiger partial charge in [-0.25, -0.2) is 9.98 Å². The lowest BCUT2D eigenvalue weighted by molar-refractivity contribution is 0.179. The third-order valence-electron chi connectivity index (χ3n) is 3.62. The van der Waals surface area contributed by atoms with Crippen molar-refractivity contribution in [3.63, 3.8) is 0 Å². The minimum atomic E-state index is 0. The average Bonchev–Trinajstić information content (AvgIpc) is 2.68. The van der Waals surface area contributed by atoms with Crippen LogP contribution in [0.15, 0.2) is 47.6 Å². The van der Waals surface area contributed by atoms with Crippen LogP contribution in [-0.2, 0) is 11.3 Å². The van der Waals surface area contributed by atoms with E-state index in [1.54, 1.807) is 20.4 Å². The third kappa shape index (κ3) is 8.30. The monoisotopic (exact) mass is 500 g/mol. The summed E-state index contributed by atoms with van der Waals surface area (Å²) < 4.78 is 16.1. The van der Waals surface area contributed by atoms with E-state index in [2.05, 4.69) is 20.6 Å². The van der Waals surface area contributed by atoms with Gasteiger partial charge in [-0.15, -0.1) is 24.0 Å². The molecule has 0 bridgehead atoms. The quantitative estimate of drug-likeness (QED) is 0.312. The van der Waals surface area contributed by atoms with Gasteiger partial charge in [0.2, 0.25) is 5.88 Å². The van der Waals surface area contributed by atoms with Crippen LogP contribution >= 0.6 is 24.0 Å². The molecule has 28 heavy (non-hydrogen) atoms. The van der Waals surface area contributed by atoms with Gasteiger partial charge in [0.1, 0.15) is 11.5 Å². The maximum absolute atomic E-state index is 5.75. The Morgan fingerprint density at radius 1 is 1.18 bits per heavy atom. The van der Waals surface area contributed by atoms with E-state index in [1.165, 1.54) is 0 Å². The van der Waals surface area contributed by atoms with Crippen LogP contribution in [0.3, 0.4) is 0 Å². The van der Waals surface area contributed by atoms with Crippen molar-refractivity contribution in [1.82, 2.24) is 15.6 Å². The van der Waals surface area contributed by atoms with Gasteiger partial charge in [-0.3, -0.25) is 0 Å². The van der Waals surface area contributed by atoms with E-state index in [-0.39, 0.29) is 30.0 Å². The molecule has 7 nitrogen and oxygen atoms in total. The van der Waals surface area contributed by atoms with Gasteiger partial charge in [0, 0.05) is 38.0 Å². The normalized spacial score (nSPS) is 11.9. The number of methoxy groups -OCH3 is 2. The fourth-order valence-corrected chi connectivity index (χ4v) is 2.37. The molecule has 0 spiro atoms. The predicted octanol–water partition coefficient (Wildman–Crippen LogP) is 3.59. The van der Waals surface area contributed by atoms with Crippen LogP contribution in [0.5, 0.6) is 17.4 Å². The van der Waals surface area contributed by atoms with Crippen molar-refractivity contribution in [2.45, 2.75) is 26.4 Å². The lowest BCUT2D eigenvalue weighted by Crippen LogP contribution is -2.43. The van der Waals surface area contributed by atoms with Crippen LogP contribution in [-0.4, -0.2) is 44.4 Å². The van der Waals surface area contributed by atoms with Gasteiger partial charge in [0.25, 0.3) is 0 Å². The maximum atomic E-state index is 5.75. The Bertz CT molecular complexity index is 726. The van der Waals surface area contributed by atoms with Gasteiger partial charge in [-0.2, -0.15) is 0 Å². The second kappa shape index (κ2) is 13.2. The molecule has 0 aliphatic rings. The van der Waals surface area contributed by atoms with Crippen LogP contribution in [0.25, 0.3) is 0 Å². The van der Waals surface area contributed by atoms with Gasteiger partial charge >= 0.3 is 0 Å². The molecule has 2 aromatic rings. The lowest BCUT2D eigenvalue weighted by Gasteiger charge is -2.17. The van der Waals surface area contributed by atoms with Crippen molar-refractivity contribution < 1.29 is 14.2 Å². The van der Waals surface area contributed by atoms with Gasteiger partial charge in [0.05, 0.1) is 20.3 Å². The Kier molecular flexibility index (Phi) is 11.3. The molecule has 1 heterocycles. The number of aliphatic imine (C=N–C) groups is 1. The summed E-state index contributed by atoms with van der Waals surface area (Å²) in [5.74, 6) is 2.69. The first kappa shape index (κ1) is 24.0. The maximum Gasteiger partial charge on any atom is 0.219 e. The van der Waals surface area contributed by atoms with Crippen molar-refractivity contribution >= 4 is 29.9 Å². The number of guanidine groups is 1. The molecule has 0 saturated heterocycles. The first-order valence-corrected chi connectivity index (χ1v) is 8.95. The summed E-state index contributed by atoms with van der Waals surface area (Å²) in [5.41, 5.74) is 0.990. The van der Waals surface area contributed by atoms with E-state index in [0.29, 0.717) is 24.8 Å². The average molecular weight is 500 g/mol. The van der Waals surface area contributed by atoms with E-state index in [1.807, 2.05) is 50.2 Å². The summed E-state index contributed by atoms with van der Waals surface area (Å²) in [7, 11) is 3.31. The fourth-order valence-electron chi connectivity index (χ4n) is 2.37. The zero-order valence-corrected chi connectivity index (χ0v) is 19.1. The van der Waals surface area contributed by atoms with Crippen molar-refractivity contribution in [3.8, 4) is 17.4 Å². The summed E-state index contributed by atoms with van der Waals surface area (Å²) in [6, 6.07) is 11.4. The lowest BCUT2D eigenvalue weighted by atomic mass is 10.3. The Morgan fingerprint density at radius 2 is 1.96 bits per heavy atom. The molecule has 1 unspecified atom stereocenters. The fraction of sp³-hybridized carbons (Fsp3) is 0.400. The summed E-state index contributed by atoms with van der Waals surface area (Å²) in [6.07, 6.45) is 1.77. The van der Waals surface area contributed by atoms with E-state index >= 15 is 0 Å². The number of pyridine rings is 1. The van der Waals surface area contributed by atoms with E-state index in [0.717, 1.165) is 23.8 Å². The molecule has 0 saturated carbocycles. The smallest absolute Gasteiger partial charge is 0.219 e. The first-order valence-electron chi connectivity index (χ1n) is 8.95. The minimum Gasteiger partial charge on any atom is -0.497 e. The molecule has 0 fully saturated rings. The Hall–Kier alpha value is -2.07. The largest absolute Gasteiger partial charge is 0.497 e. The molecule has 1 aromatic heterocycles. The molecule has 0 aliphatic carbocycles. The van der Waals surface area contributed by atoms with Crippen LogP contribution in [0.1, 0.15) is 19.4 Å². The molecule has 154 valence electrons. The molecule has 0 radical (unpaired) electrons. The molecule has 1 atom stereocenters. The van der Waals surface area contributed by atoms with Gasteiger partial charge < -0.3 is 24.8 Å². The van der Waals surface area contributed by atoms with Gasteiger partial charge in [-0.1, -0.05) is 12.1 Å². The standard InChI is InChI=1S/C20H28N4O3.HI/c1-5-21-20(24-15(2)14-25-3)23-13-16-9-10-19(22-12-16)27-18-8-6-7-17(11-18)26-4;/h6-12,15H,5,13-14H2,1-4H3,(H2,21,23,24);1H. The molecular weight excluding hydrogens is 471 g/mol. The van der Waals surface area contributed by atoms with Crippen molar-refractivity contribution in [1.29, 1.82) is 0 Å². The van der Waals surface area contributed by atoms with Crippen LogP contribution in [0.2, 0.25) is 0 Å². The number of halogens is 1. The Morgan fingerprint density at radius 3 is 2.61 bits per heavy atom. The molecule has 8 heteroatoms. The number of nitrogens with one attached hydrogen (secondary N) is 2. The van der Waals surface area contributed by atoms with Crippen molar-refractivity contribution in [2.75, 3.05) is 27.4 Å². The summed E-state index contributed by atoms with van der Waals surface area (Å²) >= 11 is 0. The van der Waals surface area contributed by atoms with Crippen LogP contribution < -0.4 is 20.1 Å². The molecule has 0 aliphatic heterocycles. The third-order valence-corrected chi connectivity index (χ3v) is 3.62. The number of aromatic nitrogens is 1. The van der Waals surface area contributed by atoms with Gasteiger partial charge in [-0.05, 0) is 31.5 Å². The highest BCUT2D eigenvalue weighted by molar-refractivity contribution is 14.0. The van der Waals surface area contributed by atoms with Crippen LogP contribution in [0, 0.1) is 0 Å². The topological polar surface area (TPSA) is 77.0 Å². The number of rotatable bonds is 9. The number of hydrogen-bond acceptors (Lipinski definition) is 5. The van der Waals surface area contributed by atoms with Crippen molar-refractivity contribution in [2.24, 2.45) is 4.99 Å². The summed E-state index contributed by atoms with van der Waals surface area (Å²) in [6.45, 7) is 5.99. The number of nitrogens with zero attached hydrogens (tertiary/aromatic N) is 2. The summed E-state index contributed by atoms with van der Waals surface area (Å²) in [5, 5.41) is 6.52. The summed E-state index contributed by atoms with van der Waals surface area (Å²) in [4.78, 5) is 8.93. The predicted molar refractivity (Wildman–Crippen MR) is 122 cm³/mol. The highest BCUT2D eigenvalue weighted by Gasteiger charge is 2.05. The second-order valence-electron chi connectivity index (χ2n) is 5.98. The highest BCUT2D eigenvalue weighted by atomic mass is 127. The molecule has 2 rings (SSSR count). The minimum absolute atomic E-state index is 0. The Labute approximate surface area is 183 Å². The Balaban J connectivity index is 0.00000392. The zero-order valence-electron chi connectivity index (χ0n) is 16.8. The molecule has 0 amide bonds. The molecule has 1 aromatic carbocycles. The highest BCUT2D eigenvalue weighted by Crippen LogP contribution is 2.23. The van der Waals surface area contributed by atoms with Gasteiger partial charge in [0.15, 0.2) is 5.96 Å². The van der Waals surface area contributed by atoms with Crippen LogP contribution in [0.4, 0.5) is 0 Å². The SMILES string of the molecule is CCNC(=NCc1ccc(Oc2cccc(OC)c2)nc1)NC(C)COC.I. The first-order chi connectivity index (χ1) is 13.1. The van der Waals surface area contributed by atoms with E-state index < -0.39 is 0 Å². The number of benzene rings is 1. The molecular formula is C20H29IN4O3. The van der Waals surface area contributed by atoms with E-state index in [9.17, 15) is 0 Å². The zero-order chi connectivity index (χ0) is 19.5. The van der Waals surface area contributed by atoms with E-state index in [4.69, 9.17) is 14.2 Å². The molecule has 2 N–H and O–H groups in total. The van der Waals surface area contributed by atoms with Crippen molar-refractivity contribution in [3.05, 3.63) is 48.2 Å².